The number of benzene rings is 1. The Morgan fingerprint density at radius 3 is 2.55 bits per heavy atom. The molecule has 2 saturated heterocycles. The van der Waals surface area contributed by atoms with Crippen molar-refractivity contribution in [3.05, 3.63) is 34.9 Å². The first-order chi connectivity index (χ1) is 22.3. The summed E-state index contributed by atoms with van der Waals surface area (Å²) in [6, 6.07) is 3.92. The molecule has 0 aromatic heterocycles. The van der Waals surface area contributed by atoms with E-state index in [0.29, 0.717) is 36.6 Å². The van der Waals surface area contributed by atoms with Gasteiger partial charge in [0.15, 0.2) is 5.60 Å². The number of carbonyl (C=O) groups is 5. The van der Waals surface area contributed by atoms with Gasteiger partial charge in [-0.2, -0.15) is 0 Å². The highest BCUT2D eigenvalue weighted by Crippen LogP contribution is 2.40. The molecular formula is C33H44ClN5O8. The lowest BCUT2D eigenvalue weighted by Gasteiger charge is -2.35. The molecule has 1 aromatic carbocycles. The Labute approximate surface area is 279 Å². The van der Waals surface area contributed by atoms with E-state index in [4.69, 9.17) is 25.9 Å². The first-order valence-electron chi connectivity index (χ1n) is 16.3. The zero-order chi connectivity index (χ0) is 33.9. The van der Waals surface area contributed by atoms with Crippen LogP contribution in [0.3, 0.4) is 0 Å². The van der Waals surface area contributed by atoms with Gasteiger partial charge in [-0.15, -0.1) is 0 Å². The van der Waals surface area contributed by atoms with Crippen molar-refractivity contribution in [1.82, 2.24) is 20.9 Å². The Morgan fingerprint density at radius 2 is 1.91 bits per heavy atom. The van der Waals surface area contributed by atoms with E-state index in [9.17, 15) is 24.0 Å². The van der Waals surface area contributed by atoms with Gasteiger partial charge in [0.1, 0.15) is 18.2 Å². The molecule has 3 N–H and O–H groups in total. The molecule has 47 heavy (non-hydrogen) atoms. The molecule has 256 valence electrons. The highest BCUT2D eigenvalue weighted by Gasteiger charge is 2.56. The minimum absolute atomic E-state index is 0.00812. The molecule has 0 bridgehead atoms. The zero-order valence-electron chi connectivity index (χ0n) is 27.3. The Balaban J connectivity index is 1.38. The van der Waals surface area contributed by atoms with E-state index in [0.717, 1.165) is 18.4 Å². The molecule has 1 aliphatic carbocycles. The lowest BCUT2D eigenvalue weighted by molar-refractivity contribution is -0.144. The van der Waals surface area contributed by atoms with Crippen LogP contribution in [0.25, 0.3) is 0 Å². The maximum atomic E-state index is 14.4. The summed E-state index contributed by atoms with van der Waals surface area (Å²) >= 11 is 6.22. The standard InChI is InChI=1S/C33H44ClN5O8/c1-5-7-23(26(40)29(42)35-21-10-11-21)36-28(41)25-16-33(15-24(38-47-33)19-8-6-9-20(34)14-19)18-39(25)30(43)27(32(2,3)4)37-31(44)46-22-12-13-45-17-22/h6,8-9,14,21-23,25,27H,5,7,10-13,15-18H2,1-4H3,(H,35,42)(H,36,41)(H,37,44)/t22-,23-,25-,27+,33+/m0/s1. The number of alkyl carbamates (subject to hydrolysis) is 1. The van der Waals surface area contributed by atoms with Gasteiger partial charge in [-0.1, -0.05) is 63.0 Å². The van der Waals surface area contributed by atoms with Crippen molar-refractivity contribution in [2.75, 3.05) is 19.8 Å². The van der Waals surface area contributed by atoms with Crippen LogP contribution < -0.4 is 16.0 Å². The van der Waals surface area contributed by atoms with Gasteiger partial charge in [-0.3, -0.25) is 19.2 Å². The predicted octanol–water partition coefficient (Wildman–Crippen LogP) is 2.87. The van der Waals surface area contributed by atoms with Crippen molar-refractivity contribution in [1.29, 1.82) is 0 Å². The number of amides is 4. The highest BCUT2D eigenvalue weighted by molar-refractivity contribution is 6.38. The number of nitrogens with zero attached hydrogens (tertiary/aromatic N) is 2. The van der Waals surface area contributed by atoms with E-state index in [-0.39, 0.29) is 32.0 Å². The van der Waals surface area contributed by atoms with E-state index in [1.165, 1.54) is 4.90 Å². The Morgan fingerprint density at radius 1 is 1.15 bits per heavy atom. The molecule has 5 atom stereocenters. The lowest BCUT2D eigenvalue weighted by atomic mass is 9.85. The summed E-state index contributed by atoms with van der Waals surface area (Å²) in [7, 11) is 0. The minimum atomic E-state index is -1.08. The molecule has 3 fully saturated rings. The summed E-state index contributed by atoms with van der Waals surface area (Å²) in [5.41, 5.74) is -0.458. The number of ketones is 1. The molecule has 14 heteroatoms. The summed E-state index contributed by atoms with van der Waals surface area (Å²) in [6.07, 6.45) is 2.15. The molecule has 1 saturated carbocycles. The Kier molecular flexibility index (Phi) is 10.4. The number of hydrogen-bond acceptors (Lipinski definition) is 9. The topological polar surface area (TPSA) is 165 Å². The van der Waals surface area contributed by atoms with Crippen LogP contribution in [-0.4, -0.2) is 95.8 Å². The fraction of sp³-hybridized carbons (Fsp3) is 0.636. The molecule has 0 unspecified atom stereocenters. The second kappa shape index (κ2) is 14.2. The van der Waals surface area contributed by atoms with Gasteiger partial charge in [0.05, 0.1) is 31.5 Å². The summed E-state index contributed by atoms with van der Waals surface area (Å²) < 4.78 is 10.8. The molecule has 5 rings (SSSR count). The number of carbonyl (C=O) groups excluding carboxylic acids is 5. The number of ether oxygens (including phenoxy) is 2. The average molecular weight is 674 g/mol. The molecule has 4 aliphatic rings. The number of hydrogen-bond donors (Lipinski definition) is 3. The van der Waals surface area contributed by atoms with E-state index >= 15 is 0 Å². The van der Waals surface area contributed by atoms with Gasteiger partial charge < -0.3 is 35.2 Å². The second-order valence-electron chi connectivity index (χ2n) is 14.0. The quantitative estimate of drug-likeness (QED) is 0.302. The van der Waals surface area contributed by atoms with Crippen molar-refractivity contribution in [2.24, 2.45) is 10.6 Å². The summed E-state index contributed by atoms with van der Waals surface area (Å²) in [6.45, 7) is 8.01. The Bertz CT molecular complexity index is 1420. The summed E-state index contributed by atoms with van der Waals surface area (Å²) in [4.78, 5) is 74.5. The molecule has 1 aromatic rings. The zero-order valence-corrected chi connectivity index (χ0v) is 28.1. The van der Waals surface area contributed by atoms with E-state index in [2.05, 4.69) is 21.1 Å². The third kappa shape index (κ3) is 8.42. The third-order valence-electron chi connectivity index (χ3n) is 8.87. The summed E-state index contributed by atoms with van der Waals surface area (Å²) in [5, 5.41) is 13.0. The molecule has 13 nitrogen and oxygen atoms in total. The van der Waals surface area contributed by atoms with Crippen molar-refractivity contribution in [2.45, 2.75) is 109 Å². The predicted molar refractivity (Wildman–Crippen MR) is 172 cm³/mol. The molecule has 4 amide bonds. The van der Waals surface area contributed by atoms with Gasteiger partial charge >= 0.3 is 6.09 Å². The Hall–Kier alpha value is -3.71. The fourth-order valence-corrected chi connectivity index (χ4v) is 6.33. The van der Waals surface area contributed by atoms with Gasteiger partial charge in [0, 0.05) is 35.9 Å². The first-order valence-corrected chi connectivity index (χ1v) is 16.7. The normalized spacial score (nSPS) is 25.0. The van der Waals surface area contributed by atoms with E-state index in [1.54, 1.807) is 39.0 Å². The second-order valence-corrected chi connectivity index (χ2v) is 14.4. The number of nitrogens with one attached hydrogen (secondary N) is 3. The van der Waals surface area contributed by atoms with Gasteiger partial charge in [0.2, 0.25) is 17.6 Å². The molecule has 0 radical (unpaired) electrons. The van der Waals surface area contributed by atoms with E-state index < -0.39 is 64.8 Å². The number of Topliss-reactive ketones (excluding diaryl/α,β-unsaturated/α-hetero) is 1. The maximum absolute atomic E-state index is 14.4. The number of rotatable bonds is 11. The van der Waals surface area contributed by atoms with Gasteiger partial charge in [-0.25, -0.2) is 4.79 Å². The summed E-state index contributed by atoms with van der Waals surface area (Å²) in [5.74, 6) is -2.57. The molecular weight excluding hydrogens is 630 g/mol. The van der Waals surface area contributed by atoms with Crippen molar-refractivity contribution in [3.8, 4) is 0 Å². The van der Waals surface area contributed by atoms with E-state index in [1.807, 2.05) is 13.0 Å². The highest BCUT2D eigenvalue weighted by atomic mass is 35.5. The van der Waals surface area contributed by atoms with Crippen molar-refractivity contribution >= 4 is 46.9 Å². The van der Waals surface area contributed by atoms with Crippen LogP contribution in [0.1, 0.15) is 78.2 Å². The van der Waals surface area contributed by atoms with Gasteiger partial charge in [-0.05, 0) is 36.8 Å². The van der Waals surface area contributed by atoms with Crippen LogP contribution in [0.15, 0.2) is 29.4 Å². The lowest BCUT2D eigenvalue weighted by Crippen LogP contribution is -2.59. The first kappa shape index (κ1) is 34.6. The number of oxime groups is 1. The van der Waals surface area contributed by atoms with Gasteiger partial charge in [0.25, 0.3) is 5.91 Å². The van der Waals surface area contributed by atoms with Crippen LogP contribution in [0.4, 0.5) is 4.79 Å². The minimum Gasteiger partial charge on any atom is -0.444 e. The van der Waals surface area contributed by atoms with Crippen LogP contribution in [-0.2, 0) is 33.5 Å². The number of likely N-dealkylation sites (tertiary alicyclic amines) is 1. The average Bonchev–Trinajstić information content (AvgIpc) is 3.37. The fourth-order valence-electron chi connectivity index (χ4n) is 6.14. The van der Waals surface area contributed by atoms with Crippen LogP contribution in [0.5, 0.6) is 0 Å². The molecule has 3 aliphatic heterocycles. The van der Waals surface area contributed by atoms with Crippen molar-refractivity contribution < 1.29 is 38.3 Å². The smallest absolute Gasteiger partial charge is 0.408 e. The van der Waals surface area contributed by atoms with Crippen molar-refractivity contribution in [3.63, 3.8) is 0 Å². The largest absolute Gasteiger partial charge is 0.444 e. The van der Waals surface area contributed by atoms with Crippen LogP contribution in [0.2, 0.25) is 5.02 Å². The maximum Gasteiger partial charge on any atom is 0.408 e. The van der Waals surface area contributed by atoms with Crippen LogP contribution >= 0.6 is 11.6 Å². The molecule has 3 heterocycles. The third-order valence-corrected chi connectivity index (χ3v) is 9.10. The SMILES string of the molecule is CCC[C@H](NC(=O)[C@@H]1C[C@]2(CC(c3cccc(Cl)c3)=NO2)CN1C(=O)[C@@H](NC(=O)O[C@H]1CCOC1)C(C)(C)C)C(=O)C(=O)NC1CC1. The van der Waals surface area contributed by atoms with Crippen LogP contribution in [0, 0.1) is 5.41 Å². The monoisotopic (exact) mass is 673 g/mol. The number of halogens is 1. The molecule has 1 spiro atoms.